The van der Waals surface area contributed by atoms with Crippen LogP contribution in [0, 0.1) is 17.5 Å². The summed E-state index contributed by atoms with van der Waals surface area (Å²) in [5.74, 6) is -7.51. The molecule has 5 aliphatic heterocycles. The molecular formula is C58H62F3N3O14. The minimum atomic E-state index is -0.950. The van der Waals surface area contributed by atoms with E-state index in [1.807, 2.05) is 13.8 Å². The van der Waals surface area contributed by atoms with Gasteiger partial charge in [-0.15, -0.1) is 0 Å². The average Bonchev–Trinajstić information content (AvgIpc) is 3.99. The van der Waals surface area contributed by atoms with E-state index in [0.717, 1.165) is 0 Å². The van der Waals surface area contributed by atoms with Crippen LogP contribution in [0.1, 0.15) is 107 Å². The van der Waals surface area contributed by atoms with Crippen LogP contribution < -0.4 is 16.0 Å². The van der Waals surface area contributed by atoms with Crippen molar-refractivity contribution in [1.82, 2.24) is 16.0 Å². The van der Waals surface area contributed by atoms with Crippen LogP contribution in [-0.4, -0.2) is 89.5 Å². The fourth-order valence-corrected chi connectivity index (χ4v) is 10.3. The standard InChI is InChI=1S/C22H26FNO6.2C18H18FNO4/c1-6-14-15(9-8-10-16(14)23)19-18(21(26)28-5)12(3)24-17(11-30-13(4)25)20(19)22(27)29-7-2;2*1-4-10-11(6-5-7-12(10)19)15-14(17(21)23-3)9(2)20-13-8-24-18(22)16(13)15/h8-10,19,24H,6-7,11H2,1-5H3;2*5-7,15,20H,4,8H2,1-3H3/t;2*15-/m.10/s1. The van der Waals surface area contributed by atoms with Gasteiger partial charge in [0.05, 0.1) is 96.2 Å². The fourth-order valence-electron chi connectivity index (χ4n) is 10.3. The molecule has 20 heteroatoms. The smallest absolute Gasteiger partial charge is 0.337 e. The Morgan fingerprint density at radius 1 is 0.526 bits per heavy atom. The number of allylic oxidation sites excluding steroid dienone is 3. The molecule has 0 fully saturated rings. The maximum absolute atomic E-state index is 14.6. The number of halogens is 3. The summed E-state index contributed by atoms with van der Waals surface area (Å²) in [6.45, 7) is 13.5. The van der Waals surface area contributed by atoms with Gasteiger partial charge < -0.3 is 49.1 Å². The quantitative estimate of drug-likeness (QED) is 0.111. The number of benzene rings is 3. The number of hydrogen-bond acceptors (Lipinski definition) is 17. The number of ether oxygens (including phenoxy) is 7. The van der Waals surface area contributed by atoms with Gasteiger partial charge in [0.2, 0.25) is 0 Å². The molecule has 5 heterocycles. The number of carbonyl (C=O) groups is 7. The molecule has 414 valence electrons. The largest absolute Gasteiger partial charge is 0.466 e. The molecule has 0 amide bonds. The van der Waals surface area contributed by atoms with Gasteiger partial charge in [0, 0.05) is 24.0 Å². The van der Waals surface area contributed by atoms with Crippen LogP contribution in [0.4, 0.5) is 13.2 Å². The first-order chi connectivity index (χ1) is 37.2. The number of methoxy groups -OCH3 is 3. The van der Waals surface area contributed by atoms with Gasteiger partial charge >= 0.3 is 41.8 Å². The maximum atomic E-state index is 14.6. The van der Waals surface area contributed by atoms with Crippen LogP contribution >= 0.6 is 0 Å². The molecule has 5 aliphatic rings. The first-order valence-corrected chi connectivity index (χ1v) is 25.1. The third-order valence-electron chi connectivity index (χ3n) is 13.7. The van der Waals surface area contributed by atoms with Gasteiger partial charge in [0.15, 0.2) is 0 Å². The molecular weight excluding hydrogens is 1020 g/mol. The number of dihydropyridines is 3. The van der Waals surface area contributed by atoms with Crippen LogP contribution in [0.3, 0.4) is 0 Å². The van der Waals surface area contributed by atoms with Gasteiger partial charge in [-0.2, -0.15) is 0 Å². The van der Waals surface area contributed by atoms with Gasteiger partial charge in [-0.1, -0.05) is 57.2 Å². The number of esters is 7. The van der Waals surface area contributed by atoms with Crippen molar-refractivity contribution in [1.29, 1.82) is 0 Å². The van der Waals surface area contributed by atoms with E-state index in [4.69, 9.17) is 33.2 Å². The predicted octanol–water partition coefficient (Wildman–Crippen LogP) is 7.57. The zero-order valence-electron chi connectivity index (χ0n) is 45.2. The summed E-state index contributed by atoms with van der Waals surface area (Å²) in [5, 5.41) is 9.05. The lowest BCUT2D eigenvalue weighted by molar-refractivity contribution is -0.142. The molecule has 8 rings (SSSR count). The summed E-state index contributed by atoms with van der Waals surface area (Å²) in [4.78, 5) is 86.2. The van der Waals surface area contributed by atoms with Gasteiger partial charge in [-0.05, 0) is 98.5 Å². The second-order valence-corrected chi connectivity index (χ2v) is 18.1. The highest BCUT2D eigenvalue weighted by Gasteiger charge is 2.45. The van der Waals surface area contributed by atoms with Gasteiger partial charge in [-0.3, -0.25) is 4.79 Å². The van der Waals surface area contributed by atoms with E-state index in [9.17, 15) is 46.7 Å². The first kappa shape index (κ1) is 58.8. The Bertz CT molecular complexity index is 3030. The molecule has 0 aliphatic carbocycles. The summed E-state index contributed by atoms with van der Waals surface area (Å²) in [5.41, 5.74) is 7.54. The van der Waals surface area contributed by atoms with Crippen molar-refractivity contribution >= 4 is 41.8 Å². The van der Waals surface area contributed by atoms with E-state index in [-0.39, 0.29) is 54.9 Å². The van der Waals surface area contributed by atoms with Crippen molar-refractivity contribution in [3.8, 4) is 0 Å². The second kappa shape index (κ2) is 25.6. The van der Waals surface area contributed by atoms with Crippen molar-refractivity contribution in [2.24, 2.45) is 0 Å². The maximum Gasteiger partial charge on any atom is 0.337 e. The molecule has 17 nitrogen and oxygen atoms in total. The van der Waals surface area contributed by atoms with E-state index in [1.165, 1.54) is 52.5 Å². The number of rotatable bonds is 13. The van der Waals surface area contributed by atoms with Crippen molar-refractivity contribution in [3.05, 3.63) is 173 Å². The lowest BCUT2D eigenvalue weighted by Gasteiger charge is -2.32. The summed E-state index contributed by atoms with van der Waals surface area (Å²) in [7, 11) is 3.79. The summed E-state index contributed by atoms with van der Waals surface area (Å²) < 4.78 is 78.4. The number of cyclic esters (lactones) is 2. The lowest BCUT2D eigenvalue weighted by atomic mass is 9.78. The Morgan fingerprint density at radius 3 is 1.23 bits per heavy atom. The lowest BCUT2D eigenvalue weighted by Crippen LogP contribution is -2.35. The number of hydrogen-bond donors (Lipinski definition) is 3. The van der Waals surface area contributed by atoms with Crippen LogP contribution in [0.15, 0.2) is 122 Å². The van der Waals surface area contributed by atoms with Gasteiger partial charge in [0.25, 0.3) is 0 Å². The monoisotopic (exact) mass is 1080 g/mol. The molecule has 3 aromatic carbocycles. The Balaban J connectivity index is 0.000000191. The van der Waals surface area contributed by atoms with Crippen molar-refractivity contribution in [2.45, 2.75) is 92.4 Å². The normalized spacial score (nSPS) is 18.4. The number of nitrogens with one attached hydrogen (secondary N) is 3. The summed E-state index contributed by atoms with van der Waals surface area (Å²) >= 11 is 0. The van der Waals surface area contributed by atoms with Gasteiger partial charge in [0.1, 0.15) is 37.3 Å². The molecule has 3 atom stereocenters. The minimum Gasteiger partial charge on any atom is -0.466 e. The van der Waals surface area contributed by atoms with Crippen molar-refractivity contribution in [3.63, 3.8) is 0 Å². The van der Waals surface area contributed by atoms with Gasteiger partial charge in [-0.25, -0.2) is 41.9 Å². The van der Waals surface area contributed by atoms with Crippen molar-refractivity contribution < 1.29 is 79.9 Å². The molecule has 78 heavy (non-hydrogen) atoms. The molecule has 3 N–H and O–H groups in total. The Hall–Kier alpha value is -8.42. The Kier molecular flexibility index (Phi) is 19.3. The first-order valence-electron chi connectivity index (χ1n) is 25.1. The van der Waals surface area contributed by atoms with E-state index in [1.54, 1.807) is 65.0 Å². The summed E-state index contributed by atoms with van der Waals surface area (Å²) in [6, 6.07) is 13.9. The molecule has 0 saturated carbocycles. The predicted molar refractivity (Wildman–Crippen MR) is 275 cm³/mol. The van der Waals surface area contributed by atoms with E-state index in [2.05, 4.69) is 16.0 Å². The fraction of sp³-hybridized carbons (Fsp3) is 0.362. The molecule has 0 spiro atoms. The van der Waals surface area contributed by atoms with E-state index >= 15 is 0 Å². The Morgan fingerprint density at radius 2 is 0.885 bits per heavy atom. The minimum absolute atomic E-state index is 0.0735. The third kappa shape index (κ3) is 11.8. The van der Waals surface area contributed by atoms with Crippen LogP contribution in [0.25, 0.3) is 0 Å². The zero-order valence-corrected chi connectivity index (χ0v) is 45.2. The molecule has 3 aromatic rings. The van der Waals surface area contributed by atoms with Crippen LogP contribution in [-0.2, 0) is 86.0 Å². The van der Waals surface area contributed by atoms with Crippen LogP contribution in [0.5, 0.6) is 0 Å². The third-order valence-corrected chi connectivity index (χ3v) is 13.7. The van der Waals surface area contributed by atoms with Crippen molar-refractivity contribution in [2.75, 3.05) is 47.8 Å². The van der Waals surface area contributed by atoms with E-state index in [0.29, 0.717) is 103 Å². The zero-order chi connectivity index (χ0) is 57.3. The second-order valence-electron chi connectivity index (χ2n) is 18.1. The summed E-state index contributed by atoms with van der Waals surface area (Å²) in [6.07, 6.45) is 1.23. The Labute approximate surface area is 449 Å². The average molecular weight is 1080 g/mol. The molecule has 0 saturated heterocycles. The van der Waals surface area contributed by atoms with Crippen LogP contribution in [0.2, 0.25) is 0 Å². The molecule has 0 bridgehead atoms. The molecule has 1 unspecified atom stereocenters. The highest BCUT2D eigenvalue weighted by molar-refractivity contribution is 6.03. The number of carbonyl (C=O) groups excluding carboxylic acids is 7. The van der Waals surface area contributed by atoms with E-state index < -0.39 is 65.4 Å². The molecule has 0 radical (unpaired) electrons. The SMILES string of the molecule is CCOC(=O)C1=C(COC(C)=O)NC(C)=C(C(=O)OC)C1c1cccc(F)c1CC.CCc1c(F)cccc1[C@@H]1C(C(=O)OC)=C(C)NC2=C1C(=O)OC2.CCc1c(F)cccc1[C@H]1C(C(=O)OC)=C(C)NC2=C1C(=O)OC2. The topological polar surface area (TPSA) is 220 Å². The highest BCUT2D eigenvalue weighted by Crippen LogP contribution is 2.45. The highest BCUT2D eigenvalue weighted by atomic mass is 19.1. The molecule has 0 aromatic heterocycles.